The number of ether oxygens (including phenoxy) is 1. The molecule has 2 saturated carbocycles. The normalized spacial score (nSPS) is 27.9. The molecule has 0 radical (unpaired) electrons. The summed E-state index contributed by atoms with van der Waals surface area (Å²) in [6.45, 7) is 3.04. The highest BCUT2D eigenvalue weighted by atomic mass is 16.5. The molecule has 0 spiro atoms. The first-order chi connectivity index (χ1) is 13.3. The fourth-order valence-corrected chi connectivity index (χ4v) is 4.96. The third kappa shape index (κ3) is 3.19. The molecule has 1 saturated heterocycles. The Hall–Kier alpha value is -2.70. The molecular weight excluding hydrogens is 360 g/mol. The van der Waals surface area contributed by atoms with Crippen molar-refractivity contribution < 1.29 is 23.9 Å². The number of nitrogens with one attached hydrogen (secondary N) is 1. The summed E-state index contributed by atoms with van der Waals surface area (Å²) in [5.74, 6) is -1.68. The average molecular weight is 384 g/mol. The van der Waals surface area contributed by atoms with Gasteiger partial charge in [0.05, 0.1) is 11.8 Å². The van der Waals surface area contributed by atoms with Gasteiger partial charge < -0.3 is 10.1 Å². The number of anilines is 1. The van der Waals surface area contributed by atoms with Crippen LogP contribution in [0.3, 0.4) is 0 Å². The summed E-state index contributed by atoms with van der Waals surface area (Å²) >= 11 is 0. The highest BCUT2D eigenvalue weighted by molar-refractivity contribution is 6.07. The van der Waals surface area contributed by atoms with Crippen molar-refractivity contribution in [1.29, 1.82) is 0 Å². The van der Waals surface area contributed by atoms with Crippen molar-refractivity contribution in [3.63, 3.8) is 0 Å². The van der Waals surface area contributed by atoms with Crippen LogP contribution in [0, 0.1) is 37.5 Å². The smallest absolute Gasteiger partial charge is 0.326 e. The minimum absolute atomic E-state index is 0.251. The van der Waals surface area contributed by atoms with Gasteiger partial charge in [0.15, 0.2) is 6.61 Å². The standard InChI is InChI=1S/C21H24N2O5/c1-11-3-6-15(7-12(11)2)22-16(24)10-28-17(25)9-23-20(26)18-13-4-5-14(8-13)19(18)21(23)27/h3,6-7,13-14,18-19H,4-5,8-10H2,1-2H3,(H,22,24)/t13-,14-,18+,19+/m0/s1. The molecular formula is C21H24N2O5. The van der Waals surface area contributed by atoms with Gasteiger partial charge in [0, 0.05) is 5.69 Å². The quantitative estimate of drug-likeness (QED) is 0.617. The number of amides is 3. The maximum Gasteiger partial charge on any atom is 0.326 e. The second kappa shape index (κ2) is 7.04. The number of likely N-dealkylation sites (tertiary alicyclic amines) is 1. The van der Waals surface area contributed by atoms with Crippen LogP contribution in [0.15, 0.2) is 18.2 Å². The summed E-state index contributed by atoms with van der Waals surface area (Å²) in [6, 6.07) is 5.51. The second-order valence-electron chi connectivity index (χ2n) is 8.16. The predicted octanol–water partition coefficient (Wildman–Crippen LogP) is 1.82. The van der Waals surface area contributed by atoms with E-state index in [2.05, 4.69) is 5.32 Å². The van der Waals surface area contributed by atoms with Gasteiger partial charge in [-0.3, -0.25) is 24.1 Å². The fourth-order valence-electron chi connectivity index (χ4n) is 4.96. The van der Waals surface area contributed by atoms with E-state index in [1.807, 2.05) is 26.0 Å². The van der Waals surface area contributed by atoms with Crippen molar-refractivity contribution in [2.75, 3.05) is 18.5 Å². The SMILES string of the molecule is Cc1ccc(NC(=O)COC(=O)CN2C(=O)[C@@H]3[C@H]4CC[C@@H](C4)[C@H]3C2=O)cc1C. The van der Waals surface area contributed by atoms with Gasteiger partial charge in [-0.25, -0.2) is 0 Å². The van der Waals surface area contributed by atoms with Gasteiger partial charge in [-0.1, -0.05) is 6.07 Å². The third-order valence-corrected chi connectivity index (χ3v) is 6.46. The summed E-state index contributed by atoms with van der Waals surface area (Å²) < 4.78 is 4.98. The van der Waals surface area contributed by atoms with Crippen LogP contribution in [0.5, 0.6) is 0 Å². The lowest BCUT2D eigenvalue weighted by atomic mass is 9.81. The minimum atomic E-state index is -0.746. The topological polar surface area (TPSA) is 92.8 Å². The van der Waals surface area contributed by atoms with Crippen molar-refractivity contribution in [1.82, 2.24) is 4.90 Å². The largest absolute Gasteiger partial charge is 0.454 e. The van der Waals surface area contributed by atoms with E-state index in [1.54, 1.807) is 6.07 Å². The molecule has 7 nitrogen and oxygen atoms in total. The monoisotopic (exact) mass is 384 g/mol. The molecule has 4 rings (SSSR count). The Morgan fingerprint density at radius 2 is 1.71 bits per heavy atom. The number of carbonyl (C=O) groups excluding carboxylic acids is 4. The van der Waals surface area contributed by atoms with Gasteiger partial charge in [-0.15, -0.1) is 0 Å². The zero-order chi connectivity index (χ0) is 20.0. The van der Waals surface area contributed by atoms with Crippen molar-refractivity contribution in [2.24, 2.45) is 23.7 Å². The third-order valence-electron chi connectivity index (χ3n) is 6.46. The van der Waals surface area contributed by atoms with Crippen LogP contribution in [-0.2, 0) is 23.9 Å². The molecule has 2 bridgehead atoms. The molecule has 1 aliphatic heterocycles. The number of benzene rings is 1. The summed E-state index contributed by atoms with van der Waals surface area (Å²) in [6.07, 6.45) is 2.92. The molecule has 3 amide bonds. The zero-order valence-electron chi connectivity index (χ0n) is 16.1. The summed E-state index contributed by atoms with van der Waals surface area (Å²) in [4.78, 5) is 50.3. The van der Waals surface area contributed by atoms with Crippen LogP contribution in [-0.4, -0.2) is 41.7 Å². The molecule has 1 heterocycles. The minimum Gasteiger partial charge on any atom is -0.454 e. The van der Waals surface area contributed by atoms with E-state index in [9.17, 15) is 19.2 Å². The molecule has 2 aliphatic carbocycles. The molecule has 0 aromatic heterocycles. The molecule has 3 fully saturated rings. The lowest BCUT2D eigenvalue weighted by molar-refractivity contribution is -0.154. The van der Waals surface area contributed by atoms with E-state index in [0.29, 0.717) is 5.69 Å². The fraction of sp³-hybridized carbons (Fsp3) is 0.524. The van der Waals surface area contributed by atoms with Gasteiger partial charge in [-0.2, -0.15) is 0 Å². The van der Waals surface area contributed by atoms with Crippen molar-refractivity contribution in [3.05, 3.63) is 29.3 Å². The molecule has 1 aromatic carbocycles. The first kappa shape index (κ1) is 18.7. The molecule has 1 aromatic rings. The Balaban J connectivity index is 1.29. The van der Waals surface area contributed by atoms with Gasteiger partial charge >= 0.3 is 5.97 Å². The lowest BCUT2D eigenvalue weighted by Gasteiger charge is -2.19. The van der Waals surface area contributed by atoms with Gasteiger partial charge in [0.2, 0.25) is 11.8 Å². The average Bonchev–Trinajstić information content (AvgIpc) is 3.33. The number of hydrogen-bond acceptors (Lipinski definition) is 5. The van der Waals surface area contributed by atoms with E-state index < -0.39 is 25.0 Å². The maximum absolute atomic E-state index is 12.6. The Morgan fingerprint density at radius 1 is 1.07 bits per heavy atom. The Labute approximate surface area is 163 Å². The van der Waals surface area contributed by atoms with Crippen LogP contribution >= 0.6 is 0 Å². The molecule has 148 valence electrons. The van der Waals surface area contributed by atoms with Gasteiger partial charge in [0.1, 0.15) is 6.54 Å². The maximum atomic E-state index is 12.6. The molecule has 7 heteroatoms. The number of nitrogens with zero attached hydrogens (tertiary/aromatic N) is 1. The number of rotatable bonds is 5. The van der Waals surface area contributed by atoms with E-state index in [4.69, 9.17) is 4.74 Å². The summed E-state index contributed by atoms with van der Waals surface area (Å²) in [5, 5.41) is 2.67. The molecule has 4 atom stereocenters. The molecule has 1 N–H and O–H groups in total. The predicted molar refractivity (Wildman–Crippen MR) is 100 cm³/mol. The highest BCUT2D eigenvalue weighted by Gasteiger charge is 2.61. The van der Waals surface area contributed by atoms with Crippen LogP contribution in [0.1, 0.15) is 30.4 Å². The first-order valence-electron chi connectivity index (χ1n) is 9.73. The number of imide groups is 1. The van der Waals surface area contributed by atoms with Crippen LogP contribution < -0.4 is 5.32 Å². The Bertz CT molecular complexity index is 836. The van der Waals surface area contributed by atoms with E-state index in [0.717, 1.165) is 35.3 Å². The second-order valence-corrected chi connectivity index (χ2v) is 8.16. The number of carbonyl (C=O) groups is 4. The molecule has 28 heavy (non-hydrogen) atoms. The van der Waals surface area contributed by atoms with E-state index >= 15 is 0 Å². The van der Waals surface area contributed by atoms with Crippen LogP contribution in [0.4, 0.5) is 5.69 Å². The van der Waals surface area contributed by atoms with Crippen LogP contribution in [0.25, 0.3) is 0 Å². The number of fused-ring (bicyclic) bond motifs is 5. The van der Waals surface area contributed by atoms with Crippen LogP contribution in [0.2, 0.25) is 0 Å². The number of hydrogen-bond donors (Lipinski definition) is 1. The Kier molecular flexibility index (Phi) is 4.69. The lowest BCUT2D eigenvalue weighted by Crippen LogP contribution is -2.38. The molecule has 3 aliphatic rings. The van der Waals surface area contributed by atoms with Gasteiger partial charge in [-0.05, 0) is 68.2 Å². The Morgan fingerprint density at radius 3 is 2.32 bits per heavy atom. The van der Waals surface area contributed by atoms with Crippen molar-refractivity contribution in [3.8, 4) is 0 Å². The number of aryl methyl sites for hydroxylation is 2. The van der Waals surface area contributed by atoms with E-state index in [1.165, 1.54) is 0 Å². The van der Waals surface area contributed by atoms with Crippen molar-refractivity contribution in [2.45, 2.75) is 33.1 Å². The van der Waals surface area contributed by atoms with E-state index in [-0.39, 0.29) is 35.5 Å². The zero-order valence-corrected chi connectivity index (χ0v) is 16.1. The van der Waals surface area contributed by atoms with Crippen molar-refractivity contribution >= 4 is 29.4 Å². The number of esters is 1. The molecule has 0 unspecified atom stereocenters. The highest BCUT2D eigenvalue weighted by Crippen LogP contribution is 2.56. The summed E-state index contributed by atoms with van der Waals surface area (Å²) in [5.41, 5.74) is 2.78. The van der Waals surface area contributed by atoms with Gasteiger partial charge in [0.25, 0.3) is 5.91 Å². The first-order valence-corrected chi connectivity index (χ1v) is 9.73. The summed E-state index contributed by atoms with van der Waals surface area (Å²) in [7, 11) is 0.